The third kappa shape index (κ3) is 5.73. The third-order valence-electron chi connectivity index (χ3n) is 5.28. The molecule has 2 aliphatic rings. The lowest BCUT2D eigenvalue weighted by atomic mass is 10.1. The smallest absolute Gasteiger partial charge is 0.191 e. The summed E-state index contributed by atoms with van der Waals surface area (Å²) in [5.74, 6) is 2.09. The average molecular weight is 347 g/mol. The molecule has 1 saturated heterocycles. The maximum atomic E-state index is 4.77. The van der Waals surface area contributed by atoms with Crippen LogP contribution in [0.2, 0.25) is 0 Å². The molecule has 1 aliphatic carbocycles. The topological polar surface area (TPSA) is 57.5 Å². The normalized spacial score (nSPS) is 20.0. The van der Waals surface area contributed by atoms with Crippen LogP contribution < -0.4 is 10.6 Å². The quantitative estimate of drug-likeness (QED) is 0.430. The van der Waals surface area contributed by atoms with Crippen molar-refractivity contribution in [3.05, 3.63) is 18.2 Å². The maximum Gasteiger partial charge on any atom is 0.191 e. The molecule has 1 aliphatic heterocycles. The summed E-state index contributed by atoms with van der Waals surface area (Å²) in [6, 6.07) is 1.48. The standard InChI is InChI=1S/C19H34N6/c1-3-20-19(22-10-4-5-12-24-15-11-21-16(24)2)23-17-8-13-25(14-9-17)18-6-7-18/h11,15,17-18H,3-10,12-14H2,1-2H3,(H2,20,22,23). The average Bonchev–Trinajstić information content (AvgIpc) is 3.38. The first-order valence-electron chi connectivity index (χ1n) is 10.0. The second-order valence-electron chi connectivity index (χ2n) is 7.32. The zero-order valence-electron chi connectivity index (χ0n) is 15.9. The van der Waals surface area contributed by atoms with E-state index >= 15 is 0 Å². The van der Waals surface area contributed by atoms with Gasteiger partial charge in [0.25, 0.3) is 0 Å². The summed E-state index contributed by atoms with van der Waals surface area (Å²) in [6.45, 7) is 9.50. The zero-order valence-corrected chi connectivity index (χ0v) is 15.9. The Hall–Kier alpha value is -1.56. The maximum absolute atomic E-state index is 4.77. The number of piperidine rings is 1. The number of hydrogen-bond acceptors (Lipinski definition) is 3. The van der Waals surface area contributed by atoms with E-state index in [0.29, 0.717) is 6.04 Å². The van der Waals surface area contributed by atoms with Crippen LogP contribution in [0.15, 0.2) is 17.4 Å². The first-order valence-corrected chi connectivity index (χ1v) is 10.0. The highest BCUT2D eigenvalue weighted by Crippen LogP contribution is 2.29. The van der Waals surface area contributed by atoms with Gasteiger partial charge in [-0.3, -0.25) is 4.99 Å². The molecule has 0 bridgehead atoms. The molecule has 0 spiro atoms. The fourth-order valence-electron chi connectivity index (χ4n) is 3.59. The van der Waals surface area contributed by atoms with Crippen molar-refractivity contribution in [1.82, 2.24) is 25.1 Å². The van der Waals surface area contributed by atoms with Gasteiger partial charge < -0.3 is 20.1 Å². The number of nitrogens with one attached hydrogen (secondary N) is 2. The van der Waals surface area contributed by atoms with Crippen molar-refractivity contribution >= 4 is 5.96 Å². The lowest BCUT2D eigenvalue weighted by molar-refractivity contribution is 0.197. The van der Waals surface area contributed by atoms with Gasteiger partial charge in [0.2, 0.25) is 0 Å². The van der Waals surface area contributed by atoms with Gasteiger partial charge in [-0.15, -0.1) is 0 Å². The highest BCUT2D eigenvalue weighted by Gasteiger charge is 2.31. The summed E-state index contributed by atoms with van der Waals surface area (Å²) in [5, 5.41) is 7.05. The molecule has 25 heavy (non-hydrogen) atoms. The van der Waals surface area contributed by atoms with Crippen LogP contribution in [-0.2, 0) is 6.54 Å². The highest BCUT2D eigenvalue weighted by molar-refractivity contribution is 5.80. The van der Waals surface area contributed by atoms with Crippen LogP contribution in [0, 0.1) is 6.92 Å². The minimum Gasteiger partial charge on any atom is -0.357 e. The first-order chi connectivity index (χ1) is 12.3. The Labute approximate surface area is 152 Å². The number of guanidine groups is 1. The van der Waals surface area contributed by atoms with Gasteiger partial charge in [0, 0.05) is 57.2 Å². The lowest BCUT2D eigenvalue weighted by Gasteiger charge is -2.33. The van der Waals surface area contributed by atoms with Gasteiger partial charge in [-0.05, 0) is 52.4 Å². The van der Waals surface area contributed by atoms with E-state index in [-0.39, 0.29) is 0 Å². The summed E-state index contributed by atoms with van der Waals surface area (Å²) in [5.41, 5.74) is 0. The lowest BCUT2D eigenvalue weighted by Crippen LogP contribution is -2.49. The number of hydrogen-bond donors (Lipinski definition) is 2. The van der Waals surface area contributed by atoms with E-state index in [1.54, 1.807) is 0 Å². The Balaban J connectivity index is 1.36. The summed E-state index contributed by atoms with van der Waals surface area (Å²) in [6.07, 6.45) is 11.5. The Bertz CT molecular complexity index is 540. The number of likely N-dealkylation sites (tertiary alicyclic amines) is 1. The Morgan fingerprint density at radius 1 is 1.24 bits per heavy atom. The molecule has 1 aromatic rings. The minimum atomic E-state index is 0.571. The van der Waals surface area contributed by atoms with Crippen LogP contribution in [0.1, 0.15) is 51.3 Å². The van der Waals surface area contributed by atoms with E-state index in [1.165, 1.54) is 38.8 Å². The molecular weight excluding hydrogens is 312 g/mol. The van der Waals surface area contributed by atoms with E-state index in [1.807, 2.05) is 6.20 Å². The molecule has 0 aromatic carbocycles. The van der Waals surface area contributed by atoms with E-state index in [2.05, 4.69) is 45.1 Å². The Morgan fingerprint density at radius 3 is 2.68 bits per heavy atom. The van der Waals surface area contributed by atoms with E-state index < -0.39 is 0 Å². The number of unbranched alkanes of at least 4 members (excludes halogenated alkanes) is 1. The molecule has 0 unspecified atom stereocenters. The predicted octanol–water partition coefficient (Wildman–Crippen LogP) is 2.15. The molecule has 140 valence electrons. The molecular formula is C19H34N6. The Morgan fingerprint density at radius 2 is 2.04 bits per heavy atom. The molecule has 1 saturated carbocycles. The largest absolute Gasteiger partial charge is 0.357 e. The SMILES string of the molecule is CCNC(=NCCCCn1ccnc1C)NC1CCN(C2CC2)CC1. The molecule has 6 heteroatoms. The van der Waals surface area contributed by atoms with E-state index in [0.717, 1.165) is 50.3 Å². The monoisotopic (exact) mass is 346 g/mol. The molecule has 2 heterocycles. The van der Waals surface area contributed by atoms with Gasteiger partial charge in [0.1, 0.15) is 5.82 Å². The van der Waals surface area contributed by atoms with Gasteiger partial charge in [0.05, 0.1) is 0 Å². The van der Waals surface area contributed by atoms with Crippen LogP contribution in [0.25, 0.3) is 0 Å². The molecule has 2 N–H and O–H groups in total. The van der Waals surface area contributed by atoms with Crippen molar-refractivity contribution in [2.24, 2.45) is 4.99 Å². The van der Waals surface area contributed by atoms with Crippen molar-refractivity contribution < 1.29 is 0 Å². The van der Waals surface area contributed by atoms with E-state index in [4.69, 9.17) is 4.99 Å². The van der Waals surface area contributed by atoms with Crippen molar-refractivity contribution in [1.29, 1.82) is 0 Å². The summed E-state index contributed by atoms with van der Waals surface area (Å²) >= 11 is 0. The van der Waals surface area contributed by atoms with Gasteiger partial charge in [-0.2, -0.15) is 0 Å². The molecule has 1 aromatic heterocycles. The summed E-state index contributed by atoms with van der Waals surface area (Å²) in [4.78, 5) is 11.7. The number of aryl methyl sites for hydroxylation is 2. The minimum absolute atomic E-state index is 0.571. The zero-order chi connectivity index (χ0) is 17.5. The molecule has 0 atom stereocenters. The second-order valence-corrected chi connectivity index (χ2v) is 7.32. The van der Waals surface area contributed by atoms with Crippen LogP contribution in [-0.4, -0.2) is 58.7 Å². The number of rotatable bonds is 8. The summed E-state index contributed by atoms with van der Waals surface area (Å²) < 4.78 is 2.21. The number of aliphatic imine (C=N–C) groups is 1. The van der Waals surface area contributed by atoms with Gasteiger partial charge in [0.15, 0.2) is 5.96 Å². The van der Waals surface area contributed by atoms with Gasteiger partial charge >= 0.3 is 0 Å². The van der Waals surface area contributed by atoms with Crippen LogP contribution in [0.4, 0.5) is 0 Å². The van der Waals surface area contributed by atoms with Crippen molar-refractivity contribution in [2.75, 3.05) is 26.2 Å². The van der Waals surface area contributed by atoms with Crippen molar-refractivity contribution in [2.45, 2.75) is 71.0 Å². The fraction of sp³-hybridized carbons (Fsp3) is 0.789. The second kappa shape index (κ2) is 9.22. The number of imidazole rings is 1. The van der Waals surface area contributed by atoms with Crippen molar-refractivity contribution in [3.8, 4) is 0 Å². The number of nitrogens with zero attached hydrogens (tertiary/aromatic N) is 4. The molecule has 0 radical (unpaired) electrons. The summed E-state index contributed by atoms with van der Waals surface area (Å²) in [7, 11) is 0. The fourth-order valence-corrected chi connectivity index (χ4v) is 3.59. The molecule has 6 nitrogen and oxygen atoms in total. The molecule has 2 fully saturated rings. The van der Waals surface area contributed by atoms with Crippen LogP contribution in [0.5, 0.6) is 0 Å². The molecule has 0 amide bonds. The third-order valence-corrected chi connectivity index (χ3v) is 5.28. The number of aromatic nitrogens is 2. The molecule has 3 rings (SSSR count). The van der Waals surface area contributed by atoms with Crippen LogP contribution >= 0.6 is 0 Å². The first kappa shape index (κ1) is 18.2. The highest BCUT2D eigenvalue weighted by atomic mass is 15.2. The van der Waals surface area contributed by atoms with Crippen LogP contribution in [0.3, 0.4) is 0 Å². The predicted molar refractivity (Wildman–Crippen MR) is 103 cm³/mol. The van der Waals surface area contributed by atoms with Gasteiger partial charge in [-0.25, -0.2) is 4.98 Å². The Kier molecular flexibility index (Phi) is 6.73. The van der Waals surface area contributed by atoms with Crippen molar-refractivity contribution in [3.63, 3.8) is 0 Å². The van der Waals surface area contributed by atoms with E-state index in [9.17, 15) is 0 Å². The van der Waals surface area contributed by atoms with Gasteiger partial charge in [-0.1, -0.05) is 0 Å².